The summed E-state index contributed by atoms with van der Waals surface area (Å²) < 4.78 is 39.1. The zero-order valence-corrected chi connectivity index (χ0v) is 16.6. The molecule has 0 bridgehead atoms. The minimum Gasteiger partial charge on any atom is -0.476 e. The minimum absolute atomic E-state index is 0.0360. The second-order valence-electron chi connectivity index (χ2n) is 6.70. The Bertz CT molecular complexity index is 870. The number of carboxylic acid groups (broad SMARTS) is 1. The fourth-order valence-electron chi connectivity index (χ4n) is 2.19. The molecule has 1 aromatic heterocycles. The molecule has 0 saturated carbocycles. The smallest absolute Gasteiger partial charge is 0.412 e. The average molecular weight is 414 g/mol. The monoisotopic (exact) mass is 414 g/mol. The molecule has 2 N–H and O–H groups in total. The van der Waals surface area contributed by atoms with E-state index >= 15 is 0 Å². The highest BCUT2D eigenvalue weighted by molar-refractivity contribution is 7.19. The summed E-state index contributed by atoms with van der Waals surface area (Å²) in [7, 11) is 0. The Balaban J connectivity index is 2.40. The molecule has 1 heterocycles. The number of thiazole rings is 1. The van der Waals surface area contributed by atoms with Crippen LogP contribution in [0, 0.1) is 11.6 Å². The summed E-state index contributed by atoms with van der Waals surface area (Å²) in [5, 5.41) is 11.2. The topological polar surface area (TPSA) is 97.8 Å². The lowest BCUT2D eigenvalue weighted by Gasteiger charge is -2.19. The van der Waals surface area contributed by atoms with Gasteiger partial charge in [0.25, 0.3) is 0 Å². The van der Waals surface area contributed by atoms with Gasteiger partial charge in [-0.1, -0.05) is 11.3 Å². The van der Waals surface area contributed by atoms with Crippen molar-refractivity contribution in [1.82, 2.24) is 4.98 Å². The van der Waals surface area contributed by atoms with Gasteiger partial charge in [-0.2, -0.15) is 0 Å². The van der Waals surface area contributed by atoms with E-state index in [1.54, 1.807) is 27.7 Å². The highest BCUT2D eigenvalue weighted by Gasteiger charge is 2.25. The number of hydrogen-bond acceptors (Lipinski definition) is 6. The van der Waals surface area contributed by atoms with Gasteiger partial charge in [-0.15, -0.1) is 0 Å². The fourth-order valence-corrected chi connectivity index (χ4v) is 3.18. The number of nitrogens with zero attached hydrogens (tertiary/aromatic N) is 1. The van der Waals surface area contributed by atoms with Crippen molar-refractivity contribution in [3.63, 3.8) is 0 Å². The number of carbonyl (C=O) groups is 2. The van der Waals surface area contributed by atoms with Crippen LogP contribution in [0.3, 0.4) is 0 Å². The summed E-state index contributed by atoms with van der Waals surface area (Å²) in [6.45, 7) is 7.09. The van der Waals surface area contributed by atoms with Crippen molar-refractivity contribution in [3.05, 3.63) is 35.0 Å². The molecule has 0 radical (unpaired) electrons. The number of carboxylic acids is 1. The third-order valence-corrected chi connectivity index (χ3v) is 4.22. The molecule has 0 aliphatic carbocycles. The van der Waals surface area contributed by atoms with Crippen LogP contribution in [0.1, 0.15) is 43.7 Å². The molecule has 1 aromatic carbocycles. The minimum atomic E-state index is -1.46. The lowest BCUT2D eigenvalue weighted by Crippen LogP contribution is -2.27. The van der Waals surface area contributed by atoms with E-state index in [1.165, 1.54) is 0 Å². The van der Waals surface area contributed by atoms with Gasteiger partial charge in [0.15, 0.2) is 5.69 Å². The zero-order chi connectivity index (χ0) is 21.1. The van der Waals surface area contributed by atoms with Crippen molar-refractivity contribution < 1.29 is 33.0 Å². The first-order valence-electron chi connectivity index (χ1n) is 8.32. The summed E-state index contributed by atoms with van der Waals surface area (Å²) >= 11 is 0.632. The molecule has 0 aliphatic rings. The summed E-state index contributed by atoms with van der Waals surface area (Å²) in [5.41, 5.74) is -1.54. The number of aromatic carboxylic acids is 1. The maximum Gasteiger partial charge on any atom is 0.412 e. The van der Waals surface area contributed by atoms with Crippen LogP contribution in [0.15, 0.2) is 12.1 Å². The molecule has 0 spiro atoms. The average Bonchev–Trinajstić information content (AvgIpc) is 2.93. The quantitative estimate of drug-likeness (QED) is 0.713. The van der Waals surface area contributed by atoms with E-state index in [0.717, 1.165) is 12.1 Å². The van der Waals surface area contributed by atoms with Crippen LogP contribution in [-0.4, -0.2) is 34.4 Å². The molecule has 152 valence electrons. The number of aromatic nitrogens is 1. The molecule has 2 aromatic rings. The number of ether oxygens (including phenoxy) is 2. The zero-order valence-electron chi connectivity index (χ0n) is 15.8. The largest absolute Gasteiger partial charge is 0.476 e. The van der Waals surface area contributed by atoms with Crippen LogP contribution in [0.5, 0.6) is 0 Å². The molecule has 0 atom stereocenters. The molecule has 10 heteroatoms. The van der Waals surface area contributed by atoms with Gasteiger partial charge in [-0.05, 0) is 45.4 Å². The molecule has 0 aliphatic heterocycles. The van der Waals surface area contributed by atoms with Gasteiger partial charge in [0.1, 0.15) is 27.2 Å². The third kappa shape index (κ3) is 5.46. The van der Waals surface area contributed by atoms with Crippen molar-refractivity contribution in [2.75, 3.05) is 11.9 Å². The van der Waals surface area contributed by atoms with Gasteiger partial charge in [0.05, 0.1) is 12.2 Å². The number of halogens is 2. The molecule has 0 unspecified atom stereocenters. The first-order chi connectivity index (χ1) is 13.0. The summed E-state index contributed by atoms with van der Waals surface area (Å²) in [6.07, 6.45) is -0.904. The van der Waals surface area contributed by atoms with Crippen molar-refractivity contribution in [1.29, 1.82) is 0 Å². The predicted molar refractivity (Wildman–Crippen MR) is 99.6 cm³/mol. The van der Waals surface area contributed by atoms with Gasteiger partial charge in [-0.25, -0.2) is 23.4 Å². The van der Waals surface area contributed by atoms with Crippen LogP contribution in [0.2, 0.25) is 0 Å². The van der Waals surface area contributed by atoms with E-state index < -0.39 is 40.6 Å². The Hall–Kier alpha value is -2.59. The normalized spacial score (nSPS) is 11.4. The summed E-state index contributed by atoms with van der Waals surface area (Å²) in [5.74, 6) is -3.28. The number of benzene rings is 1. The van der Waals surface area contributed by atoms with E-state index in [4.69, 9.17) is 9.47 Å². The highest BCUT2D eigenvalue weighted by atomic mass is 32.1. The van der Waals surface area contributed by atoms with Crippen molar-refractivity contribution >= 4 is 28.4 Å². The lowest BCUT2D eigenvalue weighted by atomic mass is 10.1. The van der Waals surface area contributed by atoms with Crippen LogP contribution in [-0.2, 0) is 16.1 Å². The van der Waals surface area contributed by atoms with E-state index in [9.17, 15) is 23.5 Å². The van der Waals surface area contributed by atoms with Crippen LogP contribution in [0.4, 0.5) is 18.6 Å². The van der Waals surface area contributed by atoms with E-state index in [1.807, 2.05) is 0 Å². The third-order valence-electron chi connectivity index (χ3n) is 3.23. The van der Waals surface area contributed by atoms with Gasteiger partial charge < -0.3 is 14.6 Å². The highest BCUT2D eigenvalue weighted by Crippen LogP contribution is 2.36. The van der Waals surface area contributed by atoms with Crippen molar-refractivity contribution in [3.8, 4) is 10.6 Å². The maximum atomic E-state index is 14.5. The second kappa shape index (κ2) is 8.61. The van der Waals surface area contributed by atoms with Gasteiger partial charge in [0, 0.05) is 6.61 Å². The molecule has 7 nitrogen and oxygen atoms in total. The van der Waals surface area contributed by atoms with E-state index in [-0.39, 0.29) is 16.6 Å². The summed E-state index contributed by atoms with van der Waals surface area (Å²) in [6, 6.07) is 2.19. The first kappa shape index (κ1) is 21.7. The first-order valence-corrected chi connectivity index (χ1v) is 9.13. The molecular weight excluding hydrogens is 394 g/mol. The SMILES string of the molecule is CCOCc1cc(F)c(-c2nc(C(=O)O)c(NC(=O)OC(C)(C)C)s2)c(F)c1. The lowest BCUT2D eigenvalue weighted by molar-refractivity contribution is 0.0636. The number of amides is 1. The van der Waals surface area contributed by atoms with Crippen LogP contribution < -0.4 is 5.32 Å². The Morgan fingerprint density at radius 1 is 1.25 bits per heavy atom. The molecule has 28 heavy (non-hydrogen) atoms. The Morgan fingerprint density at radius 2 is 1.86 bits per heavy atom. The predicted octanol–water partition coefficient (Wildman–Crippen LogP) is 4.67. The van der Waals surface area contributed by atoms with Gasteiger partial charge in [0.2, 0.25) is 0 Å². The standard InChI is InChI=1S/C18H20F2N2O5S/c1-5-26-8-9-6-10(19)12(11(20)7-9)14-21-13(16(23)24)15(28-14)22-17(25)27-18(2,3)4/h6-7H,5,8H2,1-4H3,(H,22,25)(H,23,24). The fraction of sp³-hybridized carbons (Fsp3) is 0.389. The number of carbonyl (C=O) groups excluding carboxylic acids is 1. The Morgan fingerprint density at radius 3 is 2.36 bits per heavy atom. The van der Waals surface area contributed by atoms with E-state index in [2.05, 4.69) is 10.3 Å². The number of rotatable bonds is 6. The number of anilines is 1. The van der Waals surface area contributed by atoms with Crippen LogP contribution >= 0.6 is 11.3 Å². The van der Waals surface area contributed by atoms with Crippen molar-refractivity contribution in [2.45, 2.75) is 39.9 Å². The van der Waals surface area contributed by atoms with Gasteiger partial charge >= 0.3 is 12.1 Å². The Kier molecular flexibility index (Phi) is 6.68. The number of nitrogens with one attached hydrogen (secondary N) is 1. The molecule has 0 fully saturated rings. The van der Waals surface area contributed by atoms with Gasteiger partial charge in [-0.3, -0.25) is 5.32 Å². The van der Waals surface area contributed by atoms with E-state index in [0.29, 0.717) is 23.5 Å². The Labute approximate surface area is 164 Å². The van der Waals surface area contributed by atoms with Crippen LogP contribution in [0.25, 0.3) is 10.6 Å². The summed E-state index contributed by atoms with van der Waals surface area (Å²) in [4.78, 5) is 27.1. The number of hydrogen-bond donors (Lipinski definition) is 2. The molecule has 2 rings (SSSR count). The second-order valence-corrected chi connectivity index (χ2v) is 7.70. The maximum absolute atomic E-state index is 14.5. The molecule has 1 amide bonds. The molecule has 0 saturated heterocycles. The molecular formula is C18H20F2N2O5S. The van der Waals surface area contributed by atoms with Crippen molar-refractivity contribution in [2.24, 2.45) is 0 Å².